The fourth-order valence-electron chi connectivity index (χ4n) is 1.81. The van der Waals surface area contributed by atoms with E-state index in [-0.39, 0.29) is 5.38 Å². The van der Waals surface area contributed by atoms with Crippen LogP contribution in [0.4, 0.5) is 0 Å². The van der Waals surface area contributed by atoms with Gasteiger partial charge in [-0.1, -0.05) is 6.92 Å². The molecule has 1 saturated heterocycles. The maximum atomic E-state index is 12.2. The molecule has 3 nitrogen and oxygen atoms in total. The standard InChI is InChI=1S/C10H20ClNO2S/c1-8-5-9(11)7-12(6-8)15(13,14)10(2,3)4/h8-9H,5-7H2,1-4H3. The van der Waals surface area contributed by atoms with E-state index in [0.717, 1.165) is 6.42 Å². The Balaban J connectivity index is 2.89. The molecule has 1 heterocycles. The van der Waals surface area contributed by atoms with Crippen molar-refractivity contribution in [3.8, 4) is 0 Å². The highest BCUT2D eigenvalue weighted by molar-refractivity contribution is 7.90. The number of hydrogen-bond donors (Lipinski definition) is 0. The Morgan fingerprint density at radius 1 is 1.27 bits per heavy atom. The minimum Gasteiger partial charge on any atom is -0.212 e. The maximum absolute atomic E-state index is 12.2. The van der Waals surface area contributed by atoms with Crippen LogP contribution in [0.2, 0.25) is 0 Å². The summed E-state index contributed by atoms with van der Waals surface area (Å²) in [5, 5.41) is -0.0501. The summed E-state index contributed by atoms with van der Waals surface area (Å²) >= 11 is 6.06. The third-order valence-electron chi connectivity index (χ3n) is 2.69. The summed E-state index contributed by atoms with van der Waals surface area (Å²) in [6.07, 6.45) is 0.901. The fraction of sp³-hybridized carbons (Fsp3) is 1.00. The molecule has 2 atom stereocenters. The Morgan fingerprint density at radius 2 is 1.80 bits per heavy atom. The molecular formula is C10H20ClNO2S. The van der Waals surface area contributed by atoms with E-state index in [2.05, 4.69) is 0 Å². The molecule has 1 aliphatic heterocycles. The van der Waals surface area contributed by atoms with Gasteiger partial charge in [-0.3, -0.25) is 0 Å². The van der Waals surface area contributed by atoms with Crippen LogP contribution in [0.1, 0.15) is 34.1 Å². The molecule has 0 bridgehead atoms. The second-order valence-corrected chi connectivity index (χ2v) is 8.68. The van der Waals surface area contributed by atoms with Crippen LogP contribution in [0.3, 0.4) is 0 Å². The summed E-state index contributed by atoms with van der Waals surface area (Å²) in [6.45, 7) is 8.27. The molecule has 90 valence electrons. The van der Waals surface area contributed by atoms with E-state index in [1.807, 2.05) is 6.92 Å². The zero-order chi connectivity index (χ0) is 11.9. The Morgan fingerprint density at radius 3 is 2.20 bits per heavy atom. The van der Waals surface area contributed by atoms with E-state index in [1.54, 1.807) is 25.1 Å². The lowest BCUT2D eigenvalue weighted by atomic mass is 10.0. The van der Waals surface area contributed by atoms with Crippen molar-refractivity contribution in [1.29, 1.82) is 0 Å². The topological polar surface area (TPSA) is 37.4 Å². The van der Waals surface area contributed by atoms with Gasteiger partial charge in [-0.05, 0) is 33.1 Å². The highest BCUT2D eigenvalue weighted by Crippen LogP contribution is 2.27. The maximum Gasteiger partial charge on any atom is 0.219 e. The average molecular weight is 254 g/mol. The van der Waals surface area contributed by atoms with Crippen LogP contribution in [-0.4, -0.2) is 35.9 Å². The van der Waals surface area contributed by atoms with E-state index < -0.39 is 14.8 Å². The molecule has 0 aromatic carbocycles. The van der Waals surface area contributed by atoms with Gasteiger partial charge < -0.3 is 0 Å². The van der Waals surface area contributed by atoms with Gasteiger partial charge in [0, 0.05) is 18.5 Å². The molecule has 0 N–H and O–H groups in total. The number of sulfonamides is 1. The molecule has 0 amide bonds. The highest BCUT2D eigenvalue weighted by atomic mass is 35.5. The van der Waals surface area contributed by atoms with Gasteiger partial charge >= 0.3 is 0 Å². The van der Waals surface area contributed by atoms with Crippen molar-refractivity contribution in [2.24, 2.45) is 5.92 Å². The lowest BCUT2D eigenvalue weighted by Gasteiger charge is -2.36. The van der Waals surface area contributed by atoms with Crippen molar-refractivity contribution in [3.63, 3.8) is 0 Å². The molecule has 5 heteroatoms. The first kappa shape index (κ1) is 13.3. The van der Waals surface area contributed by atoms with E-state index in [0.29, 0.717) is 19.0 Å². The Kier molecular flexibility index (Phi) is 3.74. The molecule has 0 aromatic rings. The van der Waals surface area contributed by atoms with Crippen LogP contribution in [0.15, 0.2) is 0 Å². The molecule has 0 radical (unpaired) electrons. The van der Waals surface area contributed by atoms with Gasteiger partial charge in [0.2, 0.25) is 10.0 Å². The van der Waals surface area contributed by atoms with Crippen LogP contribution >= 0.6 is 11.6 Å². The number of halogens is 1. The molecule has 0 aromatic heterocycles. The Labute approximate surface area is 97.8 Å². The SMILES string of the molecule is CC1CC(Cl)CN(S(=O)(=O)C(C)(C)C)C1. The van der Waals surface area contributed by atoms with Gasteiger partial charge in [0.25, 0.3) is 0 Å². The molecule has 1 aliphatic rings. The minimum absolute atomic E-state index is 0.0501. The van der Waals surface area contributed by atoms with E-state index >= 15 is 0 Å². The van der Waals surface area contributed by atoms with Crippen molar-refractivity contribution in [2.75, 3.05) is 13.1 Å². The van der Waals surface area contributed by atoms with Gasteiger partial charge in [-0.15, -0.1) is 11.6 Å². The van der Waals surface area contributed by atoms with Gasteiger partial charge in [0.05, 0.1) is 4.75 Å². The van der Waals surface area contributed by atoms with E-state index in [9.17, 15) is 8.42 Å². The summed E-state index contributed by atoms with van der Waals surface area (Å²) in [7, 11) is -3.22. The largest absolute Gasteiger partial charge is 0.219 e. The number of hydrogen-bond acceptors (Lipinski definition) is 2. The van der Waals surface area contributed by atoms with Crippen molar-refractivity contribution >= 4 is 21.6 Å². The number of alkyl halides is 1. The summed E-state index contributed by atoms with van der Waals surface area (Å²) in [6, 6.07) is 0. The second kappa shape index (κ2) is 4.22. The molecular weight excluding hydrogens is 234 g/mol. The zero-order valence-electron chi connectivity index (χ0n) is 9.83. The van der Waals surface area contributed by atoms with E-state index in [4.69, 9.17) is 11.6 Å². The first-order valence-electron chi connectivity index (χ1n) is 5.28. The molecule has 0 aliphatic carbocycles. The minimum atomic E-state index is -3.22. The van der Waals surface area contributed by atoms with Crippen molar-refractivity contribution in [3.05, 3.63) is 0 Å². The molecule has 0 spiro atoms. The second-order valence-electron chi connectivity index (χ2n) is 5.37. The normalized spacial score (nSPS) is 30.5. The van der Waals surface area contributed by atoms with Gasteiger partial charge in [-0.2, -0.15) is 4.31 Å². The molecule has 0 saturated carbocycles. The summed E-state index contributed by atoms with van der Waals surface area (Å²) in [5.74, 6) is 0.346. The molecule has 1 fully saturated rings. The number of rotatable bonds is 1. The molecule has 15 heavy (non-hydrogen) atoms. The number of nitrogens with zero attached hydrogens (tertiary/aromatic N) is 1. The molecule has 1 rings (SSSR count). The van der Waals surface area contributed by atoms with Crippen LogP contribution in [0, 0.1) is 5.92 Å². The van der Waals surface area contributed by atoms with Gasteiger partial charge in [0.1, 0.15) is 0 Å². The Hall–Kier alpha value is 0.200. The number of piperidine rings is 1. The smallest absolute Gasteiger partial charge is 0.212 e. The molecule has 2 unspecified atom stereocenters. The quantitative estimate of drug-likeness (QED) is 0.671. The van der Waals surface area contributed by atoms with Crippen molar-refractivity contribution < 1.29 is 8.42 Å². The van der Waals surface area contributed by atoms with Crippen LogP contribution in [0.25, 0.3) is 0 Å². The van der Waals surface area contributed by atoms with Gasteiger partial charge in [0.15, 0.2) is 0 Å². The first-order chi connectivity index (χ1) is 6.64. The van der Waals surface area contributed by atoms with Crippen LogP contribution < -0.4 is 0 Å². The third kappa shape index (κ3) is 2.86. The fourth-order valence-corrected chi connectivity index (χ4v) is 3.97. The highest BCUT2D eigenvalue weighted by Gasteiger charge is 2.38. The lowest BCUT2D eigenvalue weighted by Crippen LogP contribution is -2.49. The summed E-state index contributed by atoms with van der Waals surface area (Å²) in [5.41, 5.74) is 0. The lowest BCUT2D eigenvalue weighted by molar-refractivity contribution is 0.279. The predicted molar refractivity (Wildman–Crippen MR) is 63.7 cm³/mol. The first-order valence-corrected chi connectivity index (χ1v) is 7.16. The van der Waals surface area contributed by atoms with Gasteiger partial charge in [-0.25, -0.2) is 8.42 Å². The van der Waals surface area contributed by atoms with Crippen LogP contribution in [-0.2, 0) is 10.0 Å². The Bertz CT molecular complexity index is 311. The van der Waals surface area contributed by atoms with Crippen LogP contribution in [0.5, 0.6) is 0 Å². The predicted octanol–water partition coefficient (Wildman–Crippen LogP) is 2.06. The third-order valence-corrected chi connectivity index (χ3v) is 5.53. The van der Waals surface area contributed by atoms with Crippen molar-refractivity contribution in [1.82, 2.24) is 4.31 Å². The monoisotopic (exact) mass is 253 g/mol. The summed E-state index contributed by atoms with van der Waals surface area (Å²) in [4.78, 5) is 0. The van der Waals surface area contributed by atoms with E-state index in [1.165, 1.54) is 0 Å². The zero-order valence-corrected chi connectivity index (χ0v) is 11.4. The van der Waals surface area contributed by atoms with Crippen molar-refractivity contribution in [2.45, 2.75) is 44.2 Å². The summed E-state index contributed by atoms with van der Waals surface area (Å²) < 4.78 is 25.1. The average Bonchev–Trinajstić information content (AvgIpc) is 1.99.